The van der Waals surface area contributed by atoms with E-state index in [1.807, 2.05) is 36.7 Å². The maximum absolute atomic E-state index is 5.83. The van der Waals surface area contributed by atoms with Crippen LogP contribution in [0.1, 0.15) is 33.0 Å². The minimum atomic E-state index is 0.240. The molecule has 4 nitrogen and oxygen atoms in total. The zero-order valence-corrected chi connectivity index (χ0v) is 12.5. The van der Waals surface area contributed by atoms with Crippen molar-refractivity contribution in [1.29, 1.82) is 0 Å². The highest BCUT2D eigenvalue weighted by molar-refractivity contribution is 5.48. The SMILES string of the molecule is CCC(C)Oc1cccc(NCc2nccn2CC)c1. The first-order chi connectivity index (χ1) is 9.72. The van der Waals surface area contributed by atoms with E-state index in [9.17, 15) is 0 Å². The van der Waals surface area contributed by atoms with Crippen LogP contribution in [0.4, 0.5) is 5.69 Å². The Bertz CT molecular complexity index is 536. The van der Waals surface area contributed by atoms with Crippen LogP contribution < -0.4 is 10.1 Å². The Morgan fingerprint density at radius 2 is 2.20 bits per heavy atom. The topological polar surface area (TPSA) is 39.1 Å². The molecule has 1 N–H and O–H groups in total. The normalized spacial score (nSPS) is 12.2. The van der Waals surface area contributed by atoms with E-state index < -0.39 is 0 Å². The molecule has 0 aliphatic carbocycles. The van der Waals surface area contributed by atoms with E-state index in [1.54, 1.807) is 0 Å². The van der Waals surface area contributed by atoms with Crippen LogP contribution in [0, 0.1) is 0 Å². The van der Waals surface area contributed by atoms with Gasteiger partial charge in [0.05, 0.1) is 12.6 Å². The molecule has 108 valence electrons. The molecule has 0 saturated heterocycles. The molecule has 0 fully saturated rings. The summed E-state index contributed by atoms with van der Waals surface area (Å²) in [6.45, 7) is 7.98. The van der Waals surface area contributed by atoms with Gasteiger partial charge >= 0.3 is 0 Å². The van der Waals surface area contributed by atoms with Crippen molar-refractivity contribution in [3.8, 4) is 5.75 Å². The van der Waals surface area contributed by atoms with Crippen molar-refractivity contribution in [2.24, 2.45) is 0 Å². The standard InChI is InChI=1S/C16H23N3O/c1-4-13(3)20-15-8-6-7-14(11-15)18-12-16-17-9-10-19(16)5-2/h6-11,13,18H,4-5,12H2,1-3H3. The summed E-state index contributed by atoms with van der Waals surface area (Å²) in [5, 5.41) is 3.39. The number of nitrogens with zero attached hydrogens (tertiary/aromatic N) is 2. The monoisotopic (exact) mass is 273 g/mol. The summed E-state index contributed by atoms with van der Waals surface area (Å²) in [6, 6.07) is 8.07. The van der Waals surface area contributed by atoms with Gasteiger partial charge in [-0.3, -0.25) is 0 Å². The van der Waals surface area contributed by atoms with Crippen LogP contribution in [0.15, 0.2) is 36.7 Å². The third kappa shape index (κ3) is 3.76. The average molecular weight is 273 g/mol. The number of nitrogens with one attached hydrogen (secondary N) is 1. The van der Waals surface area contributed by atoms with Gasteiger partial charge in [0.1, 0.15) is 11.6 Å². The highest BCUT2D eigenvalue weighted by atomic mass is 16.5. The Balaban J connectivity index is 1.97. The molecule has 1 aromatic carbocycles. The van der Waals surface area contributed by atoms with Crippen LogP contribution in [0.5, 0.6) is 5.75 Å². The Morgan fingerprint density at radius 1 is 1.35 bits per heavy atom. The van der Waals surface area contributed by atoms with Gasteiger partial charge in [-0.1, -0.05) is 13.0 Å². The Kier molecular flexibility index (Phi) is 5.04. The van der Waals surface area contributed by atoms with Crippen LogP contribution in [0.2, 0.25) is 0 Å². The number of anilines is 1. The van der Waals surface area contributed by atoms with E-state index in [4.69, 9.17) is 4.74 Å². The molecule has 2 rings (SSSR count). The van der Waals surface area contributed by atoms with Crippen molar-refractivity contribution in [3.05, 3.63) is 42.5 Å². The molecule has 4 heteroatoms. The number of imidazole rings is 1. The first kappa shape index (κ1) is 14.4. The van der Waals surface area contributed by atoms with Crippen LogP contribution in [0.3, 0.4) is 0 Å². The molecule has 1 unspecified atom stereocenters. The summed E-state index contributed by atoms with van der Waals surface area (Å²) in [7, 11) is 0. The fourth-order valence-corrected chi connectivity index (χ4v) is 1.97. The van der Waals surface area contributed by atoms with Crippen LogP contribution in [-0.4, -0.2) is 15.7 Å². The molecule has 0 bridgehead atoms. The summed E-state index contributed by atoms with van der Waals surface area (Å²) in [6.07, 6.45) is 5.08. The van der Waals surface area contributed by atoms with Crippen molar-refractivity contribution < 1.29 is 4.74 Å². The highest BCUT2D eigenvalue weighted by Gasteiger charge is 2.04. The van der Waals surface area contributed by atoms with E-state index in [0.717, 1.165) is 30.2 Å². The largest absolute Gasteiger partial charge is 0.491 e. The Labute approximate surface area is 120 Å². The van der Waals surface area contributed by atoms with Gasteiger partial charge in [-0.2, -0.15) is 0 Å². The number of hydrogen-bond donors (Lipinski definition) is 1. The maximum Gasteiger partial charge on any atom is 0.128 e. The molecule has 2 aromatic rings. The van der Waals surface area contributed by atoms with E-state index in [-0.39, 0.29) is 6.10 Å². The molecular weight excluding hydrogens is 250 g/mol. The van der Waals surface area contributed by atoms with Crippen molar-refractivity contribution in [3.63, 3.8) is 0 Å². The molecule has 0 radical (unpaired) electrons. The smallest absolute Gasteiger partial charge is 0.128 e. The lowest BCUT2D eigenvalue weighted by Crippen LogP contribution is -2.10. The molecule has 1 aromatic heterocycles. The summed E-state index contributed by atoms with van der Waals surface area (Å²) >= 11 is 0. The molecule has 0 aliphatic rings. The van der Waals surface area contributed by atoms with Gasteiger partial charge < -0.3 is 14.6 Å². The van der Waals surface area contributed by atoms with Gasteiger partial charge in [-0.15, -0.1) is 0 Å². The second-order valence-electron chi connectivity index (χ2n) is 4.85. The molecule has 0 spiro atoms. The van der Waals surface area contributed by atoms with Gasteiger partial charge in [0.15, 0.2) is 0 Å². The van der Waals surface area contributed by atoms with Crippen molar-refractivity contribution >= 4 is 5.69 Å². The van der Waals surface area contributed by atoms with E-state index in [2.05, 4.69) is 35.6 Å². The molecular formula is C16H23N3O. The minimum absolute atomic E-state index is 0.240. The minimum Gasteiger partial charge on any atom is -0.491 e. The fourth-order valence-electron chi connectivity index (χ4n) is 1.97. The second kappa shape index (κ2) is 6.98. The molecule has 0 aliphatic heterocycles. The second-order valence-corrected chi connectivity index (χ2v) is 4.85. The van der Waals surface area contributed by atoms with Crippen LogP contribution >= 0.6 is 0 Å². The maximum atomic E-state index is 5.83. The third-order valence-corrected chi connectivity index (χ3v) is 3.34. The first-order valence-corrected chi connectivity index (χ1v) is 7.23. The Morgan fingerprint density at radius 3 is 2.95 bits per heavy atom. The predicted octanol–water partition coefficient (Wildman–Crippen LogP) is 3.69. The summed E-state index contributed by atoms with van der Waals surface area (Å²) in [4.78, 5) is 4.36. The quantitative estimate of drug-likeness (QED) is 0.836. The summed E-state index contributed by atoms with van der Waals surface area (Å²) in [5.74, 6) is 1.95. The average Bonchev–Trinajstić information content (AvgIpc) is 2.93. The van der Waals surface area contributed by atoms with Crippen LogP contribution in [-0.2, 0) is 13.1 Å². The van der Waals surface area contributed by atoms with Gasteiger partial charge in [-0.05, 0) is 32.4 Å². The number of rotatable bonds is 7. The Hall–Kier alpha value is -1.97. The molecule has 20 heavy (non-hydrogen) atoms. The van der Waals surface area contributed by atoms with E-state index in [0.29, 0.717) is 6.54 Å². The zero-order valence-electron chi connectivity index (χ0n) is 12.5. The summed E-state index contributed by atoms with van der Waals surface area (Å²) in [5.41, 5.74) is 1.05. The van der Waals surface area contributed by atoms with Gasteiger partial charge in [-0.25, -0.2) is 4.98 Å². The number of hydrogen-bond acceptors (Lipinski definition) is 3. The molecule has 1 atom stereocenters. The van der Waals surface area contributed by atoms with Gasteiger partial charge in [0.25, 0.3) is 0 Å². The van der Waals surface area contributed by atoms with E-state index in [1.165, 1.54) is 0 Å². The number of ether oxygens (including phenoxy) is 1. The predicted molar refractivity (Wildman–Crippen MR) is 82.1 cm³/mol. The van der Waals surface area contributed by atoms with Crippen LogP contribution in [0.25, 0.3) is 0 Å². The molecule has 1 heterocycles. The van der Waals surface area contributed by atoms with E-state index >= 15 is 0 Å². The third-order valence-electron chi connectivity index (χ3n) is 3.34. The van der Waals surface area contributed by atoms with Crippen molar-refractivity contribution in [1.82, 2.24) is 9.55 Å². The summed E-state index contributed by atoms with van der Waals surface area (Å²) < 4.78 is 7.96. The lowest BCUT2D eigenvalue weighted by atomic mass is 10.2. The lowest BCUT2D eigenvalue weighted by molar-refractivity contribution is 0.217. The number of aromatic nitrogens is 2. The lowest BCUT2D eigenvalue weighted by Gasteiger charge is -2.14. The molecule has 0 amide bonds. The zero-order chi connectivity index (χ0) is 14.4. The fraction of sp³-hybridized carbons (Fsp3) is 0.438. The number of aryl methyl sites for hydroxylation is 1. The van der Waals surface area contributed by atoms with Gasteiger partial charge in [0, 0.05) is 30.7 Å². The molecule has 0 saturated carbocycles. The van der Waals surface area contributed by atoms with Crippen molar-refractivity contribution in [2.45, 2.75) is 46.4 Å². The number of benzene rings is 1. The highest BCUT2D eigenvalue weighted by Crippen LogP contribution is 2.19. The first-order valence-electron chi connectivity index (χ1n) is 7.23. The van der Waals surface area contributed by atoms with Gasteiger partial charge in [0.2, 0.25) is 0 Å². The van der Waals surface area contributed by atoms with Crippen molar-refractivity contribution in [2.75, 3.05) is 5.32 Å².